The molecule has 2 heterocycles. The van der Waals surface area contributed by atoms with E-state index in [-0.39, 0.29) is 0 Å². The highest BCUT2D eigenvalue weighted by Gasteiger charge is 2.26. The SMILES string of the molecule is CC1CCC2=C(CSc3nc[nH]c(=S)c32)C1. The lowest BCUT2D eigenvalue weighted by atomic mass is 9.83. The molecular formula is C12H14N2S2. The summed E-state index contributed by atoms with van der Waals surface area (Å²) >= 11 is 7.23. The number of nitrogens with one attached hydrogen (secondary N) is 1. The second-order valence-electron chi connectivity index (χ2n) is 4.63. The van der Waals surface area contributed by atoms with E-state index < -0.39 is 0 Å². The zero-order chi connectivity index (χ0) is 11.1. The second kappa shape index (κ2) is 4.00. The van der Waals surface area contributed by atoms with Crippen molar-refractivity contribution in [2.75, 3.05) is 5.75 Å². The summed E-state index contributed by atoms with van der Waals surface area (Å²) in [6.07, 6.45) is 5.41. The average molecular weight is 250 g/mol. The number of hydrogen-bond acceptors (Lipinski definition) is 3. The third kappa shape index (κ3) is 1.64. The van der Waals surface area contributed by atoms with Crippen molar-refractivity contribution in [3.63, 3.8) is 0 Å². The molecule has 4 heteroatoms. The van der Waals surface area contributed by atoms with E-state index >= 15 is 0 Å². The molecule has 3 rings (SSSR count). The number of H-pyrrole nitrogens is 1. The second-order valence-corrected chi connectivity index (χ2v) is 6.00. The number of fused-ring (bicyclic) bond motifs is 2. The normalized spacial score (nSPS) is 23.9. The fraction of sp³-hybridized carbons (Fsp3) is 0.500. The molecule has 1 aliphatic carbocycles. The number of allylic oxidation sites excluding steroid dienone is 1. The van der Waals surface area contributed by atoms with Gasteiger partial charge in [0.05, 0.1) is 6.33 Å². The van der Waals surface area contributed by atoms with Crippen LogP contribution in [0.3, 0.4) is 0 Å². The average Bonchev–Trinajstić information content (AvgIpc) is 2.29. The van der Waals surface area contributed by atoms with Crippen molar-refractivity contribution in [1.82, 2.24) is 9.97 Å². The molecule has 0 spiro atoms. The molecule has 16 heavy (non-hydrogen) atoms. The summed E-state index contributed by atoms with van der Waals surface area (Å²) in [7, 11) is 0. The van der Waals surface area contributed by atoms with E-state index in [1.807, 2.05) is 11.8 Å². The van der Waals surface area contributed by atoms with Crippen LogP contribution in [0, 0.1) is 10.6 Å². The topological polar surface area (TPSA) is 28.7 Å². The van der Waals surface area contributed by atoms with Crippen LogP contribution in [0.5, 0.6) is 0 Å². The molecule has 0 fully saturated rings. The molecule has 0 radical (unpaired) electrons. The molecule has 1 aliphatic heterocycles. The van der Waals surface area contributed by atoms with Gasteiger partial charge in [-0.3, -0.25) is 0 Å². The van der Waals surface area contributed by atoms with E-state index in [9.17, 15) is 0 Å². The van der Waals surface area contributed by atoms with Gasteiger partial charge in [0.2, 0.25) is 0 Å². The van der Waals surface area contributed by atoms with Crippen LogP contribution >= 0.6 is 24.0 Å². The molecule has 1 N–H and O–H groups in total. The van der Waals surface area contributed by atoms with E-state index in [1.165, 1.54) is 30.4 Å². The molecule has 0 saturated heterocycles. The lowest BCUT2D eigenvalue weighted by Gasteiger charge is -2.29. The van der Waals surface area contributed by atoms with Crippen molar-refractivity contribution in [1.29, 1.82) is 0 Å². The van der Waals surface area contributed by atoms with Gasteiger partial charge in [-0.15, -0.1) is 11.8 Å². The van der Waals surface area contributed by atoms with Gasteiger partial charge >= 0.3 is 0 Å². The van der Waals surface area contributed by atoms with Crippen molar-refractivity contribution in [3.05, 3.63) is 22.1 Å². The van der Waals surface area contributed by atoms with E-state index in [4.69, 9.17) is 12.2 Å². The molecule has 0 bridgehead atoms. The number of aromatic nitrogens is 2. The van der Waals surface area contributed by atoms with Gasteiger partial charge in [-0.2, -0.15) is 0 Å². The number of rotatable bonds is 0. The van der Waals surface area contributed by atoms with E-state index in [1.54, 1.807) is 11.9 Å². The first kappa shape index (κ1) is 10.5. The highest BCUT2D eigenvalue weighted by molar-refractivity contribution is 7.99. The van der Waals surface area contributed by atoms with Gasteiger partial charge in [-0.1, -0.05) is 24.7 Å². The Hall–Kier alpha value is -0.610. The lowest BCUT2D eigenvalue weighted by Crippen LogP contribution is -2.13. The van der Waals surface area contributed by atoms with Crippen molar-refractivity contribution < 1.29 is 0 Å². The van der Waals surface area contributed by atoms with Crippen LogP contribution in [-0.4, -0.2) is 15.7 Å². The summed E-state index contributed by atoms with van der Waals surface area (Å²) in [5, 5.41) is 1.12. The summed E-state index contributed by atoms with van der Waals surface area (Å²) < 4.78 is 0.860. The number of aromatic amines is 1. The van der Waals surface area contributed by atoms with Gasteiger partial charge < -0.3 is 4.98 Å². The summed E-state index contributed by atoms with van der Waals surface area (Å²) in [4.78, 5) is 7.46. The lowest BCUT2D eigenvalue weighted by molar-refractivity contribution is 0.516. The van der Waals surface area contributed by atoms with Crippen LogP contribution in [0.25, 0.3) is 5.57 Å². The Morgan fingerprint density at radius 1 is 1.56 bits per heavy atom. The molecule has 2 nitrogen and oxygen atoms in total. The smallest absolute Gasteiger partial charge is 0.114 e. The van der Waals surface area contributed by atoms with Crippen LogP contribution in [-0.2, 0) is 0 Å². The minimum absolute atomic E-state index is 0.829. The standard InChI is InChI=1S/C12H14N2S2/c1-7-2-3-9-8(4-7)5-16-12-10(9)11(15)13-6-14-12/h6-7H,2-5H2,1H3,(H,13,14,15). The highest BCUT2D eigenvalue weighted by atomic mass is 32.2. The minimum Gasteiger partial charge on any atom is -0.337 e. The van der Waals surface area contributed by atoms with Crippen LogP contribution < -0.4 is 0 Å². The van der Waals surface area contributed by atoms with Gasteiger partial charge in [0.1, 0.15) is 9.67 Å². The zero-order valence-electron chi connectivity index (χ0n) is 9.25. The summed E-state index contributed by atoms with van der Waals surface area (Å²) in [5.74, 6) is 1.94. The minimum atomic E-state index is 0.829. The predicted octanol–water partition coefficient (Wildman–Crippen LogP) is 3.82. The van der Waals surface area contributed by atoms with Crippen molar-refractivity contribution in [3.8, 4) is 0 Å². The van der Waals surface area contributed by atoms with Crippen LogP contribution in [0.2, 0.25) is 0 Å². The molecule has 1 aromatic rings. The number of hydrogen-bond donors (Lipinski definition) is 1. The monoisotopic (exact) mass is 250 g/mol. The van der Waals surface area contributed by atoms with Gasteiger partial charge in [-0.05, 0) is 30.8 Å². The summed E-state index contributed by atoms with van der Waals surface area (Å²) in [6.45, 7) is 2.34. The molecule has 2 aliphatic rings. The molecule has 1 aromatic heterocycles. The Kier molecular flexibility index (Phi) is 2.64. The maximum atomic E-state index is 5.39. The Balaban J connectivity index is 2.17. The van der Waals surface area contributed by atoms with E-state index in [2.05, 4.69) is 16.9 Å². The third-order valence-corrected chi connectivity index (χ3v) is 4.81. The summed E-state index contributed by atoms with van der Waals surface area (Å²) in [5.41, 5.74) is 4.31. The molecule has 0 aromatic carbocycles. The fourth-order valence-electron chi connectivity index (χ4n) is 2.58. The molecule has 1 atom stereocenters. The van der Waals surface area contributed by atoms with E-state index in [0.29, 0.717) is 0 Å². The Labute approximate surface area is 105 Å². The molecular weight excluding hydrogens is 236 g/mol. The first-order valence-corrected chi connectivity index (χ1v) is 7.07. The van der Waals surface area contributed by atoms with Crippen LogP contribution in [0.1, 0.15) is 31.7 Å². The van der Waals surface area contributed by atoms with Gasteiger partial charge in [-0.25, -0.2) is 4.98 Å². The van der Waals surface area contributed by atoms with Crippen LogP contribution in [0.4, 0.5) is 0 Å². The highest BCUT2D eigenvalue weighted by Crippen LogP contribution is 2.44. The maximum absolute atomic E-state index is 5.39. The first-order chi connectivity index (χ1) is 7.75. The molecule has 0 amide bonds. The Bertz CT molecular complexity index is 516. The molecule has 0 saturated carbocycles. The fourth-order valence-corrected chi connectivity index (χ4v) is 4.01. The number of thioether (sulfide) groups is 1. The summed E-state index contributed by atoms with van der Waals surface area (Å²) in [6, 6.07) is 0. The van der Waals surface area contributed by atoms with Gasteiger partial charge in [0.15, 0.2) is 0 Å². The Morgan fingerprint density at radius 2 is 2.44 bits per heavy atom. The predicted molar refractivity (Wildman–Crippen MR) is 70.1 cm³/mol. The molecule has 84 valence electrons. The quantitative estimate of drug-likeness (QED) is 0.560. The number of nitrogens with zero attached hydrogens (tertiary/aromatic N) is 1. The zero-order valence-corrected chi connectivity index (χ0v) is 10.9. The van der Waals surface area contributed by atoms with E-state index in [0.717, 1.165) is 21.3 Å². The van der Waals surface area contributed by atoms with Crippen LogP contribution in [0.15, 0.2) is 16.9 Å². The molecule has 1 unspecified atom stereocenters. The largest absolute Gasteiger partial charge is 0.337 e. The first-order valence-electron chi connectivity index (χ1n) is 5.67. The maximum Gasteiger partial charge on any atom is 0.114 e. The van der Waals surface area contributed by atoms with Gasteiger partial charge in [0.25, 0.3) is 0 Å². The van der Waals surface area contributed by atoms with Crippen molar-refractivity contribution >= 4 is 29.6 Å². The van der Waals surface area contributed by atoms with Crippen molar-refractivity contribution in [2.45, 2.75) is 31.2 Å². The van der Waals surface area contributed by atoms with Crippen molar-refractivity contribution in [2.24, 2.45) is 5.92 Å². The van der Waals surface area contributed by atoms with Gasteiger partial charge in [0, 0.05) is 11.3 Å². The Morgan fingerprint density at radius 3 is 3.31 bits per heavy atom. The third-order valence-electron chi connectivity index (χ3n) is 3.41.